The zero-order valence-electron chi connectivity index (χ0n) is 12.7. The highest BCUT2D eigenvalue weighted by Crippen LogP contribution is 2.13. The zero-order valence-corrected chi connectivity index (χ0v) is 12.7. The van der Waals surface area contributed by atoms with Crippen LogP contribution < -0.4 is 11.1 Å². The van der Waals surface area contributed by atoms with E-state index < -0.39 is 17.9 Å². The molecule has 0 aliphatic carbocycles. The number of carbonyl (C=O) groups excluding carboxylic acids is 2. The van der Waals surface area contributed by atoms with Gasteiger partial charge in [-0.1, -0.05) is 30.3 Å². The molecule has 1 atom stereocenters. The van der Waals surface area contributed by atoms with Crippen LogP contribution in [0.1, 0.15) is 22.0 Å². The minimum atomic E-state index is -0.899. The molecule has 0 aliphatic heterocycles. The van der Waals surface area contributed by atoms with Crippen molar-refractivity contribution in [3.8, 4) is 5.82 Å². The maximum absolute atomic E-state index is 12.3. The third-order valence-corrected chi connectivity index (χ3v) is 3.44. The number of nitrogens with two attached hydrogens (primary N) is 1. The van der Waals surface area contributed by atoms with Gasteiger partial charge in [0, 0.05) is 18.6 Å². The molecule has 0 spiro atoms. The lowest BCUT2D eigenvalue weighted by atomic mass is 10.1. The van der Waals surface area contributed by atoms with Crippen molar-refractivity contribution >= 4 is 11.8 Å². The summed E-state index contributed by atoms with van der Waals surface area (Å²) in [6, 6.07) is 13.0. The van der Waals surface area contributed by atoms with E-state index in [2.05, 4.69) is 15.4 Å². The molecular weight excluding hydrogens is 306 g/mol. The van der Waals surface area contributed by atoms with Gasteiger partial charge in [-0.2, -0.15) is 5.10 Å². The van der Waals surface area contributed by atoms with E-state index in [1.165, 1.54) is 6.20 Å². The molecule has 0 fully saturated rings. The van der Waals surface area contributed by atoms with Crippen LogP contribution in [0.25, 0.3) is 5.82 Å². The number of primary amides is 1. The quantitative estimate of drug-likeness (QED) is 0.737. The molecule has 7 nitrogen and oxygen atoms in total. The van der Waals surface area contributed by atoms with Crippen LogP contribution in [0.15, 0.2) is 67.1 Å². The summed E-state index contributed by atoms with van der Waals surface area (Å²) in [5.41, 5.74) is 6.35. The average molecular weight is 321 g/mol. The number of amides is 2. The van der Waals surface area contributed by atoms with Crippen LogP contribution in [-0.2, 0) is 4.79 Å². The van der Waals surface area contributed by atoms with Crippen LogP contribution in [0.2, 0.25) is 0 Å². The molecule has 0 aliphatic rings. The summed E-state index contributed by atoms with van der Waals surface area (Å²) in [7, 11) is 0. The highest BCUT2D eigenvalue weighted by molar-refractivity contribution is 5.97. The Labute approximate surface area is 138 Å². The molecule has 2 aromatic heterocycles. The Balaban J connectivity index is 1.77. The van der Waals surface area contributed by atoms with Gasteiger partial charge in [-0.3, -0.25) is 9.59 Å². The average Bonchev–Trinajstić information content (AvgIpc) is 3.15. The molecule has 1 unspecified atom stereocenters. The first-order chi connectivity index (χ1) is 11.6. The summed E-state index contributed by atoms with van der Waals surface area (Å²) in [4.78, 5) is 28.2. The Morgan fingerprint density at radius 1 is 1.08 bits per heavy atom. The number of nitrogens with zero attached hydrogens (tertiary/aromatic N) is 3. The lowest BCUT2D eigenvalue weighted by molar-refractivity contribution is -0.120. The molecule has 2 amide bonds. The third-order valence-electron chi connectivity index (χ3n) is 3.44. The van der Waals surface area contributed by atoms with Crippen molar-refractivity contribution in [2.24, 2.45) is 5.73 Å². The van der Waals surface area contributed by atoms with E-state index in [-0.39, 0.29) is 0 Å². The molecule has 0 bridgehead atoms. The molecular formula is C17H15N5O2. The first-order valence-corrected chi connectivity index (χ1v) is 7.26. The number of benzene rings is 1. The van der Waals surface area contributed by atoms with E-state index in [1.807, 2.05) is 6.07 Å². The van der Waals surface area contributed by atoms with E-state index in [1.54, 1.807) is 59.5 Å². The van der Waals surface area contributed by atoms with E-state index in [0.717, 1.165) is 0 Å². The first-order valence-electron chi connectivity index (χ1n) is 7.26. The summed E-state index contributed by atoms with van der Waals surface area (Å²) in [6.45, 7) is 0. The molecule has 0 saturated heterocycles. The molecule has 3 aromatic rings. The van der Waals surface area contributed by atoms with E-state index >= 15 is 0 Å². The molecule has 120 valence electrons. The number of carbonyl (C=O) groups is 2. The van der Waals surface area contributed by atoms with Gasteiger partial charge in [-0.05, 0) is 23.8 Å². The molecule has 7 heteroatoms. The molecule has 24 heavy (non-hydrogen) atoms. The second kappa shape index (κ2) is 6.74. The fourth-order valence-corrected chi connectivity index (χ4v) is 2.24. The van der Waals surface area contributed by atoms with Crippen LogP contribution in [0.4, 0.5) is 0 Å². The molecule has 2 heterocycles. The molecule has 0 saturated carbocycles. The van der Waals surface area contributed by atoms with Gasteiger partial charge in [0.2, 0.25) is 5.91 Å². The summed E-state index contributed by atoms with van der Waals surface area (Å²) in [5.74, 6) is -0.469. The molecule has 0 radical (unpaired) electrons. The van der Waals surface area contributed by atoms with Crippen molar-refractivity contribution in [2.45, 2.75) is 6.04 Å². The van der Waals surface area contributed by atoms with Gasteiger partial charge < -0.3 is 11.1 Å². The zero-order chi connectivity index (χ0) is 16.9. The smallest absolute Gasteiger partial charge is 0.253 e. The summed E-state index contributed by atoms with van der Waals surface area (Å²) < 4.78 is 1.58. The Hall–Kier alpha value is -3.48. The van der Waals surface area contributed by atoms with Crippen molar-refractivity contribution in [1.29, 1.82) is 0 Å². The van der Waals surface area contributed by atoms with Crippen LogP contribution in [0, 0.1) is 0 Å². The fourth-order valence-electron chi connectivity index (χ4n) is 2.24. The predicted molar refractivity (Wildman–Crippen MR) is 87.2 cm³/mol. The monoisotopic (exact) mass is 321 g/mol. The Morgan fingerprint density at radius 3 is 2.46 bits per heavy atom. The normalized spacial score (nSPS) is 11.7. The Bertz CT molecular complexity index is 829. The Morgan fingerprint density at radius 2 is 1.88 bits per heavy atom. The number of pyridine rings is 1. The van der Waals surface area contributed by atoms with Crippen LogP contribution in [0.3, 0.4) is 0 Å². The van der Waals surface area contributed by atoms with Gasteiger partial charge in [0.15, 0.2) is 5.82 Å². The van der Waals surface area contributed by atoms with Gasteiger partial charge in [0.05, 0.1) is 5.56 Å². The molecule has 3 N–H and O–H groups in total. The van der Waals surface area contributed by atoms with Gasteiger partial charge in [0.25, 0.3) is 5.91 Å². The Kier molecular flexibility index (Phi) is 4.33. The van der Waals surface area contributed by atoms with E-state index in [0.29, 0.717) is 16.9 Å². The minimum absolute atomic E-state index is 0.327. The maximum Gasteiger partial charge on any atom is 0.253 e. The van der Waals surface area contributed by atoms with E-state index in [9.17, 15) is 9.59 Å². The van der Waals surface area contributed by atoms with Crippen LogP contribution in [-0.4, -0.2) is 26.6 Å². The fraction of sp³-hybridized carbons (Fsp3) is 0.0588. The van der Waals surface area contributed by atoms with Gasteiger partial charge in [-0.25, -0.2) is 9.67 Å². The topological polar surface area (TPSA) is 103 Å². The lowest BCUT2D eigenvalue weighted by Crippen LogP contribution is -2.37. The van der Waals surface area contributed by atoms with Crippen molar-refractivity contribution in [3.05, 3.63) is 78.2 Å². The highest BCUT2D eigenvalue weighted by Gasteiger charge is 2.20. The number of hydrogen-bond donors (Lipinski definition) is 2. The van der Waals surface area contributed by atoms with Crippen molar-refractivity contribution in [1.82, 2.24) is 20.1 Å². The minimum Gasteiger partial charge on any atom is -0.368 e. The van der Waals surface area contributed by atoms with Gasteiger partial charge in [0.1, 0.15) is 6.04 Å². The maximum atomic E-state index is 12.3. The predicted octanol–water partition coefficient (Wildman–Crippen LogP) is 1.22. The molecule has 1 aromatic carbocycles. The van der Waals surface area contributed by atoms with E-state index in [4.69, 9.17) is 5.73 Å². The summed E-state index contributed by atoms with van der Waals surface area (Å²) in [6.07, 6.45) is 4.82. The number of rotatable bonds is 5. The van der Waals surface area contributed by atoms with Crippen molar-refractivity contribution < 1.29 is 9.59 Å². The van der Waals surface area contributed by atoms with Crippen molar-refractivity contribution in [2.75, 3.05) is 0 Å². The van der Waals surface area contributed by atoms with Gasteiger partial charge >= 0.3 is 0 Å². The first kappa shape index (κ1) is 15.4. The number of aromatic nitrogens is 3. The summed E-state index contributed by atoms with van der Waals surface area (Å²) in [5, 5.41) is 6.69. The largest absolute Gasteiger partial charge is 0.368 e. The van der Waals surface area contributed by atoms with Gasteiger partial charge in [-0.15, -0.1) is 0 Å². The standard InChI is InChI=1S/C17H15N5O2/c18-16(23)15(12-5-2-1-3-6-12)21-17(24)13-7-8-14(19-11-13)22-10-4-9-20-22/h1-11,15H,(H2,18,23)(H,21,24). The highest BCUT2D eigenvalue weighted by atomic mass is 16.2. The number of hydrogen-bond acceptors (Lipinski definition) is 4. The van der Waals surface area contributed by atoms with Crippen LogP contribution in [0.5, 0.6) is 0 Å². The number of nitrogens with one attached hydrogen (secondary N) is 1. The van der Waals surface area contributed by atoms with Crippen LogP contribution >= 0.6 is 0 Å². The molecule has 3 rings (SSSR count). The second-order valence-corrected chi connectivity index (χ2v) is 5.08. The summed E-state index contributed by atoms with van der Waals surface area (Å²) >= 11 is 0. The third kappa shape index (κ3) is 3.30. The second-order valence-electron chi connectivity index (χ2n) is 5.08. The SMILES string of the molecule is NC(=O)C(NC(=O)c1ccc(-n2cccn2)nc1)c1ccccc1. The van der Waals surface area contributed by atoms with Crippen molar-refractivity contribution in [3.63, 3.8) is 0 Å². The lowest BCUT2D eigenvalue weighted by Gasteiger charge is -2.15.